The highest BCUT2D eigenvalue weighted by molar-refractivity contribution is 14.1. The number of carbonyl (C=O) groups is 1. The van der Waals surface area contributed by atoms with Crippen molar-refractivity contribution in [2.45, 2.75) is 12.8 Å². The van der Waals surface area contributed by atoms with Crippen molar-refractivity contribution in [3.63, 3.8) is 0 Å². The quantitative estimate of drug-likeness (QED) is 0.827. The van der Waals surface area contributed by atoms with Gasteiger partial charge in [-0.15, -0.1) is 0 Å². The summed E-state index contributed by atoms with van der Waals surface area (Å²) >= 11 is 1.58. The summed E-state index contributed by atoms with van der Waals surface area (Å²) in [5.41, 5.74) is -1.24. The molecule has 0 saturated heterocycles. The van der Waals surface area contributed by atoms with Gasteiger partial charge in [0.25, 0.3) is 6.43 Å². The van der Waals surface area contributed by atoms with Gasteiger partial charge in [-0.25, -0.2) is 8.78 Å². The lowest BCUT2D eigenvalue weighted by Gasteiger charge is -2.08. The predicted molar refractivity (Wildman–Crippen MR) is 56.1 cm³/mol. The summed E-state index contributed by atoms with van der Waals surface area (Å²) in [4.78, 5) is 23.5. The lowest BCUT2D eigenvalue weighted by atomic mass is 10.1. The number of aromatic nitrogens is 1. The molecule has 0 aliphatic carbocycles. The molecule has 4 nitrogen and oxygen atoms in total. The number of aliphatic carboxylic acids is 1. The molecule has 0 fully saturated rings. The molecule has 0 aliphatic rings. The molecule has 0 saturated carbocycles. The van der Waals surface area contributed by atoms with Gasteiger partial charge in [0.1, 0.15) is 0 Å². The standard InChI is InChI=1S/C8H6F2INO3/c9-8(10)7-3(11)1-5(13)12-4(7)2-6(14)15/h1,8H,2H2,(H,12,13)(H,14,15). The Morgan fingerprint density at radius 1 is 1.60 bits per heavy atom. The van der Waals surface area contributed by atoms with Crippen LogP contribution in [0.15, 0.2) is 10.9 Å². The average molecular weight is 329 g/mol. The van der Waals surface area contributed by atoms with Crippen molar-refractivity contribution in [3.05, 3.63) is 31.2 Å². The van der Waals surface area contributed by atoms with Crippen molar-refractivity contribution in [2.24, 2.45) is 0 Å². The fourth-order valence-corrected chi connectivity index (χ4v) is 1.96. The summed E-state index contributed by atoms with van der Waals surface area (Å²) in [6.07, 6.45) is -3.42. The molecule has 15 heavy (non-hydrogen) atoms. The Balaban J connectivity index is 3.33. The van der Waals surface area contributed by atoms with E-state index in [-0.39, 0.29) is 9.26 Å². The van der Waals surface area contributed by atoms with Crippen LogP contribution in [0.3, 0.4) is 0 Å². The highest BCUT2D eigenvalue weighted by Gasteiger charge is 2.19. The maximum Gasteiger partial charge on any atom is 0.309 e. The van der Waals surface area contributed by atoms with Crippen LogP contribution in [0.2, 0.25) is 0 Å². The van der Waals surface area contributed by atoms with Gasteiger partial charge in [0.2, 0.25) is 5.56 Å². The Morgan fingerprint density at radius 2 is 2.20 bits per heavy atom. The number of H-pyrrole nitrogens is 1. The molecule has 2 N–H and O–H groups in total. The van der Waals surface area contributed by atoms with E-state index in [4.69, 9.17) is 5.11 Å². The minimum atomic E-state index is -2.80. The summed E-state index contributed by atoms with van der Waals surface area (Å²) in [5, 5.41) is 8.49. The normalized spacial score (nSPS) is 10.7. The molecule has 7 heteroatoms. The van der Waals surface area contributed by atoms with Crippen LogP contribution in [0.1, 0.15) is 17.7 Å². The van der Waals surface area contributed by atoms with Gasteiger partial charge in [-0.2, -0.15) is 0 Å². The van der Waals surface area contributed by atoms with E-state index in [1.165, 1.54) is 0 Å². The van der Waals surface area contributed by atoms with E-state index < -0.39 is 29.9 Å². The molecule has 82 valence electrons. The first-order chi connectivity index (χ1) is 6.91. The zero-order valence-electron chi connectivity index (χ0n) is 7.26. The lowest BCUT2D eigenvalue weighted by molar-refractivity contribution is -0.136. The predicted octanol–water partition coefficient (Wildman–Crippen LogP) is 1.54. The van der Waals surface area contributed by atoms with E-state index in [1.54, 1.807) is 22.6 Å². The topological polar surface area (TPSA) is 70.2 Å². The monoisotopic (exact) mass is 329 g/mol. The summed E-state index contributed by atoms with van der Waals surface area (Å²) in [6, 6.07) is 1.01. The van der Waals surface area contributed by atoms with Gasteiger partial charge in [0, 0.05) is 15.3 Å². The molecule has 0 spiro atoms. The number of pyridine rings is 1. The van der Waals surface area contributed by atoms with Crippen molar-refractivity contribution in [1.29, 1.82) is 0 Å². The second kappa shape index (κ2) is 4.69. The van der Waals surface area contributed by atoms with Gasteiger partial charge in [-0.05, 0) is 22.6 Å². The van der Waals surface area contributed by atoms with Crippen LogP contribution < -0.4 is 5.56 Å². The Kier molecular flexibility index (Phi) is 3.77. The summed E-state index contributed by atoms with van der Waals surface area (Å²) in [6.45, 7) is 0. The first kappa shape index (κ1) is 12.1. The third-order valence-electron chi connectivity index (χ3n) is 1.66. The van der Waals surface area contributed by atoms with Crippen molar-refractivity contribution in [3.8, 4) is 0 Å². The van der Waals surface area contributed by atoms with Crippen LogP contribution in [0.25, 0.3) is 0 Å². The van der Waals surface area contributed by atoms with Crippen LogP contribution in [-0.4, -0.2) is 16.1 Å². The zero-order valence-corrected chi connectivity index (χ0v) is 9.42. The van der Waals surface area contributed by atoms with Gasteiger partial charge in [-0.1, -0.05) is 0 Å². The Bertz CT molecular complexity index is 444. The molecular weight excluding hydrogens is 323 g/mol. The fraction of sp³-hybridized carbons (Fsp3) is 0.250. The summed E-state index contributed by atoms with van der Waals surface area (Å²) < 4.78 is 25.2. The van der Waals surface area contributed by atoms with Crippen LogP contribution in [0.4, 0.5) is 8.78 Å². The molecule has 0 radical (unpaired) electrons. The minimum absolute atomic E-state index is 0.0719. The molecule has 0 bridgehead atoms. The number of alkyl halides is 2. The smallest absolute Gasteiger partial charge is 0.309 e. The van der Waals surface area contributed by atoms with Gasteiger partial charge in [-0.3, -0.25) is 9.59 Å². The third kappa shape index (κ3) is 2.98. The van der Waals surface area contributed by atoms with Crippen molar-refractivity contribution >= 4 is 28.6 Å². The van der Waals surface area contributed by atoms with Crippen molar-refractivity contribution < 1.29 is 18.7 Å². The van der Waals surface area contributed by atoms with Gasteiger partial charge in [0.05, 0.1) is 12.0 Å². The van der Waals surface area contributed by atoms with E-state index in [0.717, 1.165) is 6.07 Å². The average Bonchev–Trinajstić information content (AvgIpc) is 1.99. The number of aromatic amines is 1. The Labute approximate surface area is 96.5 Å². The molecule has 0 aromatic carbocycles. The van der Waals surface area contributed by atoms with Crippen LogP contribution >= 0.6 is 22.6 Å². The Morgan fingerprint density at radius 3 is 2.67 bits per heavy atom. The SMILES string of the molecule is O=C(O)Cc1[nH]c(=O)cc(I)c1C(F)F. The number of rotatable bonds is 3. The highest BCUT2D eigenvalue weighted by atomic mass is 127. The van der Waals surface area contributed by atoms with Gasteiger partial charge in [0.15, 0.2) is 0 Å². The lowest BCUT2D eigenvalue weighted by Crippen LogP contribution is -2.16. The molecule has 1 aromatic rings. The molecule has 0 unspecified atom stereocenters. The van der Waals surface area contributed by atoms with Crippen LogP contribution in [0, 0.1) is 3.57 Å². The summed E-state index contributed by atoms with van der Waals surface area (Å²) in [5.74, 6) is -1.27. The number of carboxylic acids is 1. The second-order valence-electron chi connectivity index (χ2n) is 2.74. The largest absolute Gasteiger partial charge is 0.481 e. The van der Waals surface area contributed by atoms with Crippen LogP contribution in [-0.2, 0) is 11.2 Å². The summed E-state index contributed by atoms with van der Waals surface area (Å²) in [7, 11) is 0. The maximum absolute atomic E-state index is 12.6. The number of halogens is 3. The molecule has 0 amide bonds. The molecular formula is C8H6F2INO3. The van der Waals surface area contributed by atoms with Gasteiger partial charge >= 0.3 is 5.97 Å². The molecule has 1 heterocycles. The molecule has 1 aromatic heterocycles. The Hall–Kier alpha value is -0.990. The zero-order chi connectivity index (χ0) is 11.6. The van der Waals surface area contributed by atoms with Gasteiger partial charge < -0.3 is 10.1 Å². The van der Waals surface area contributed by atoms with Crippen molar-refractivity contribution in [2.75, 3.05) is 0 Å². The number of carboxylic acid groups (broad SMARTS) is 1. The fourth-order valence-electron chi connectivity index (χ4n) is 1.12. The van der Waals surface area contributed by atoms with E-state index in [2.05, 4.69) is 4.98 Å². The maximum atomic E-state index is 12.6. The highest BCUT2D eigenvalue weighted by Crippen LogP contribution is 2.25. The first-order valence-electron chi connectivity index (χ1n) is 3.83. The van der Waals surface area contributed by atoms with E-state index in [1.807, 2.05) is 0 Å². The second-order valence-corrected chi connectivity index (χ2v) is 3.91. The van der Waals surface area contributed by atoms with Crippen molar-refractivity contribution in [1.82, 2.24) is 4.98 Å². The number of nitrogens with one attached hydrogen (secondary N) is 1. The molecule has 0 atom stereocenters. The first-order valence-corrected chi connectivity index (χ1v) is 4.91. The minimum Gasteiger partial charge on any atom is -0.481 e. The van der Waals surface area contributed by atoms with Crippen LogP contribution in [0.5, 0.6) is 0 Å². The number of hydrogen-bond donors (Lipinski definition) is 2. The molecule has 1 rings (SSSR count). The van der Waals surface area contributed by atoms with E-state index in [9.17, 15) is 18.4 Å². The molecule has 0 aliphatic heterocycles. The third-order valence-corrected chi connectivity index (χ3v) is 2.55. The number of hydrogen-bond acceptors (Lipinski definition) is 2. The van der Waals surface area contributed by atoms with E-state index in [0.29, 0.717) is 0 Å². The van der Waals surface area contributed by atoms with E-state index >= 15 is 0 Å².